The molecule has 0 spiro atoms. The summed E-state index contributed by atoms with van der Waals surface area (Å²) in [5.74, 6) is -0.733. The molecule has 0 saturated heterocycles. The number of amides is 1. The number of hydrogen-bond donors (Lipinski definition) is 2. The van der Waals surface area contributed by atoms with Gasteiger partial charge in [0, 0.05) is 16.1 Å². The summed E-state index contributed by atoms with van der Waals surface area (Å²) in [6.45, 7) is 0. The Morgan fingerprint density at radius 3 is 2.65 bits per heavy atom. The van der Waals surface area contributed by atoms with Gasteiger partial charge in [0.15, 0.2) is 5.75 Å². The molecule has 7 nitrogen and oxygen atoms in total. The molecular weight excluding hydrogens is 366 g/mol. The van der Waals surface area contributed by atoms with Gasteiger partial charge in [0.2, 0.25) is 5.91 Å². The van der Waals surface area contributed by atoms with Gasteiger partial charge in [-0.05, 0) is 29.8 Å². The molecule has 0 aliphatic rings. The van der Waals surface area contributed by atoms with Gasteiger partial charge in [0.05, 0.1) is 17.6 Å². The average Bonchev–Trinajstić information content (AvgIpc) is 2.51. The number of hydrogen-bond acceptors (Lipinski definition) is 5. The van der Waals surface area contributed by atoms with Crippen molar-refractivity contribution in [3.8, 4) is 5.75 Å². The molecule has 0 aliphatic carbocycles. The molecule has 0 aromatic heterocycles. The Bertz CT molecular complexity index is 760. The van der Waals surface area contributed by atoms with Crippen LogP contribution in [0.25, 0.3) is 0 Å². The minimum absolute atomic E-state index is 0.167. The van der Waals surface area contributed by atoms with Gasteiger partial charge in [-0.1, -0.05) is 28.1 Å². The Morgan fingerprint density at radius 1 is 1.30 bits per heavy atom. The van der Waals surface area contributed by atoms with Crippen LogP contribution in [0.15, 0.2) is 52.0 Å². The maximum atomic E-state index is 11.7. The van der Waals surface area contributed by atoms with Crippen LogP contribution in [0.1, 0.15) is 11.1 Å². The van der Waals surface area contributed by atoms with Gasteiger partial charge < -0.3 is 5.11 Å². The molecule has 0 bridgehead atoms. The first kappa shape index (κ1) is 16.6. The maximum absolute atomic E-state index is 11.7. The third kappa shape index (κ3) is 4.89. The Kier molecular flexibility index (Phi) is 5.42. The Hall–Kier alpha value is -2.74. The maximum Gasteiger partial charge on any atom is 0.311 e. The third-order valence-corrected chi connectivity index (χ3v) is 3.41. The van der Waals surface area contributed by atoms with Crippen LogP contribution >= 0.6 is 15.9 Å². The van der Waals surface area contributed by atoms with Crippen molar-refractivity contribution >= 4 is 33.7 Å². The van der Waals surface area contributed by atoms with Gasteiger partial charge in [-0.25, -0.2) is 5.43 Å². The van der Waals surface area contributed by atoms with Gasteiger partial charge >= 0.3 is 5.69 Å². The number of carbonyl (C=O) groups excluding carboxylic acids is 1. The first-order chi connectivity index (χ1) is 11.0. The van der Waals surface area contributed by atoms with Gasteiger partial charge in [-0.15, -0.1) is 0 Å². The Balaban J connectivity index is 1.96. The van der Waals surface area contributed by atoms with Crippen molar-refractivity contribution in [2.45, 2.75) is 6.42 Å². The van der Waals surface area contributed by atoms with E-state index in [1.807, 2.05) is 24.3 Å². The average molecular weight is 378 g/mol. The Labute approximate surface area is 139 Å². The summed E-state index contributed by atoms with van der Waals surface area (Å²) in [4.78, 5) is 21.7. The number of nitrogens with one attached hydrogen (secondary N) is 1. The van der Waals surface area contributed by atoms with E-state index in [2.05, 4.69) is 26.5 Å². The van der Waals surface area contributed by atoms with E-state index in [4.69, 9.17) is 0 Å². The highest BCUT2D eigenvalue weighted by Gasteiger charge is 2.12. The van der Waals surface area contributed by atoms with Crippen molar-refractivity contribution < 1.29 is 14.8 Å². The molecule has 2 aromatic rings. The van der Waals surface area contributed by atoms with Crippen molar-refractivity contribution in [3.05, 3.63) is 68.2 Å². The van der Waals surface area contributed by atoms with Crippen molar-refractivity contribution in [3.63, 3.8) is 0 Å². The zero-order valence-corrected chi connectivity index (χ0v) is 13.4. The fourth-order valence-corrected chi connectivity index (χ4v) is 2.04. The summed E-state index contributed by atoms with van der Waals surface area (Å²) in [6.07, 6.45) is 1.44. The fraction of sp³-hybridized carbons (Fsp3) is 0.0667. The van der Waals surface area contributed by atoms with E-state index >= 15 is 0 Å². The fourth-order valence-electron chi connectivity index (χ4n) is 1.77. The molecule has 2 aromatic carbocycles. The highest BCUT2D eigenvalue weighted by molar-refractivity contribution is 9.10. The number of nitro benzene ring substituents is 1. The number of aromatic hydroxyl groups is 1. The molecule has 23 heavy (non-hydrogen) atoms. The lowest BCUT2D eigenvalue weighted by Crippen LogP contribution is -2.19. The number of hydrazone groups is 1. The van der Waals surface area contributed by atoms with Crippen LogP contribution < -0.4 is 5.43 Å². The summed E-state index contributed by atoms with van der Waals surface area (Å²) in [5.41, 5.74) is 3.14. The van der Waals surface area contributed by atoms with Gasteiger partial charge in [0.1, 0.15) is 0 Å². The molecule has 0 unspecified atom stereocenters. The van der Waals surface area contributed by atoms with Crippen LogP contribution in [-0.4, -0.2) is 22.2 Å². The first-order valence-corrected chi connectivity index (χ1v) is 7.29. The van der Waals surface area contributed by atoms with E-state index in [0.717, 1.165) is 10.0 Å². The third-order valence-electron chi connectivity index (χ3n) is 2.88. The molecule has 118 valence electrons. The predicted molar refractivity (Wildman–Crippen MR) is 88.3 cm³/mol. The minimum Gasteiger partial charge on any atom is -0.502 e. The van der Waals surface area contributed by atoms with Crippen molar-refractivity contribution in [2.75, 3.05) is 0 Å². The van der Waals surface area contributed by atoms with Crippen molar-refractivity contribution in [1.82, 2.24) is 5.43 Å². The van der Waals surface area contributed by atoms with Crippen LogP contribution in [0.3, 0.4) is 0 Å². The number of halogens is 1. The van der Waals surface area contributed by atoms with Crippen LogP contribution in [0.2, 0.25) is 0 Å². The zero-order chi connectivity index (χ0) is 16.8. The Morgan fingerprint density at radius 2 is 2.00 bits per heavy atom. The monoisotopic (exact) mass is 377 g/mol. The number of nitrogens with zero attached hydrogens (tertiary/aromatic N) is 2. The number of rotatable bonds is 5. The van der Waals surface area contributed by atoms with Crippen molar-refractivity contribution in [1.29, 1.82) is 0 Å². The van der Waals surface area contributed by atoms with E-state index in [-0.39, 0.29) is 12.3 Å². The topological polar surface area (TPSA) is 105 Å². The molecule has 2 rings (SSSR count). The number of benzene rings is 2. The molecule has 0 aliphatic heterocycles. The van der Waals surface area contributed by atoms with Crippen LogP contribution in [-0.2, 0) is 11.2 Å². The molecule has 0 radical (unpaired) electrons. The second kappa shape index (κ2) is 7.50. The van der Waals surface area contributed by atoms with Crippen LogP contribution in [0.4, 0.5) is 5.69 Å². The van der Waals surface area contributed by atoms with E-state index in [1.165, 1.54) is 24.4 Å². The van der Waals surface area contributed by atoms with E-state index < -0.39 is 16.4 Å². The highest BCUT2D eigenvalue weighted by atomic mass is 79.9. The highest BCUT2D eigenvalue weighted by Crippen LogP contribution is 2.25. The normalized spacial score (nSPS) is 10.7. The lowest BCUT2D eigenvalue weighted by molar-refractivity contribution is -0.385. The van der Waals surface area contributed by atoms with Crippen LogP contribution in [0.5, 0.6) is 5.75 Å². The van der Waals surface area contributed by atoms with Crippen molar-refractivity contribution in [2.24, 2.45) is 5.10 Å². The minimum atomic E-state index is -0.696. The standard InChI is InChI=1S/C15H12BrN3O4/c16-12-4-1-10(2-5-12)8-15(21)18-17-9-11-3-6-14(20)13(7-11)19(22)23/h1-7,9,20H,8H2,(H,18,21)/b17-9-. The predicted octanol–water partition coefficient (Wildman–Crippen LogP) is 2.76. The smallest absolute Gasteiger partial charge is 0.311 e. The second-order valence-electron chi connectivity index (χ2n) is 4.60. The summed E-state index contributed by atoms with van der Waals surface area (Å²) in [5, 5.41) is 23.8. The molecule has 2 N–H and O–H groups in total. The second-order valence-corrected chi connectivity index (χ2v) is 5.52. The van der Waals surface area contributed by atoms with E-state index in [9.17, 15) is 20.0 Å². The number of carbonyl (C=O) groups is 1. The summed E-state index contributed by atoms with van der Waals surface area (Å²) in [6, 6.07) is 11.1. The number of phenols is 1. The SMILES string of the molecule is O=C(Cc1ccc(Br)cc1)N/N=C\c1ccc(O)c([N+](=O)[O-])c1. The summed E-state index contributed by atoms with van der Waals surface area (Å²) >= 11 is 3.31. The molecule has 0 saturated carbocycles. The largest absolute Gasteiger partial charge is 0.502 e. The lowest BCUT2D eigenvalue weighted by Gasteiger charge is -2.01. The van der Waals surface area contributed by atoms with Gasteiger partial charge in [-0.3, -0.25) is 14.9 Å². The van der Waals surface area contributed by atoms with Gasteiger partial charge in [0.25, 0.3) is 0 Å². The van der Waals surface area contributed by atoms with E-state index in [1.54, 1.807) is 0 Å². The molecule has 8 heteroatoms. The molecule has 0 heterocycles. The van der Waals surface area contributed by atoms with E-state index in [0.29, 0.717) is 5.56 Å². The summed E-state index contributed by atoms with van der Waals surface area (Å²) in [7, 11) is 0. The molecule has 0 fully saturated rings. The summed E-state index contributed by atoms with van der Waals surface area (Å²) < 4.78 is 0.925. The molecular formula is C15H12BrN3O4. The number of nitro groups is 1. The van der Waals surface area contributed by atoms with Gasteiger partial charge in [-0.2, -0.15) is 5.10 Å². The number of phenolic OH excluding ortho intramolecular Hbond substituents is 1. The molecule has 1 amide bonds. The quantitative estimate of drug-likeness (QED) is 0.474. The van der Waals surface area contributed by atoms with Crippen LogP contribution in [0, 0.1) is 10.1 Å². The molecule has 0 atom stereocenters. The first-order valence-electron chi connectivity index (χ1n) is 6.49. The zero-order valence-electron chi connectivity index (χ0n) is 11.8. The lowest BCUT2D eigenvalue weighted by atomic mass is 10.1.